The molecule has 0 spiro atoms. The van der Waals surface area contributed by atoms with Gasteiger partial charge in [0.25, 0.3) is 0 Å². The van der Waals surface area contributed by atoms with Crippen molar-refractivity contribution in [2.45, 2.75) is 26.4 Å². The molecule has 2 aromatic heterocycles. The van der Waals surface area contributed by atoms with Crippen molar-refractivity contribution < 1.29 is 18.7 Å². The molecule has 4 rings (SSSR count). The van der Waals surface area contributed by atoms with E-state index in [1.165, 1.54) is 0 Å². The Morgan fingerprint density at radius 1 is 1.03 bits per heavy atom. The van der Waals surface area contributed by atoms with Crippen molar-refractivity contribution in [2.75, 3.05) is 0 Å². The molecule has 146 valence electrons. The highest BCUT2D eigenvalue weighted by atomic mass is 16.6. The fraction of sp³-hybridized carbons (Fsp3) is 0.167. The predicted octanol–water partition coefficient (Wildman–Crippen LogP) is 5.41. The van der Waals surface area contributed by atoms with Gasteiger partial charge in [-0.1, -0.05) is 55.5 Å². The van der Waals surface area contributed by atoms with Crippen LogP contribution in [0.2, 0.25) is 0 Å². The SMILES string of the molecule is CCc1cccc2c(C(=O)[C@@H](OC(=O)c3ccc(C)o3)c3ccccc3)c[nH]c12. The van der Waals surface area contributed by atoms with Gasteiger partial charge in [-0.2, -0.15) is 0 Å². The molecule has 0 aliphatic carbocycles. The number of esters is 1. The molecule has 0 saturated carbocycles. The number of H-pyrrole nitrogens is 1. The number of aryl methyl sites for hydroxylation is 2. The third-order valence-electron chi connectivity index (χ3n) is 4.96. The molecule has 29 heavy (non-hydrogen) atoms. The average molecular weight is 387 g/mol. The van der Waals surface area contributed by atoms with E-state index < -0.39 is 12.1 Å². The number of para-hydroxylation sites is 1. The van der Waals surface area contributed by atoms with Gasteiger partial charge < -0.3 is 14.1 Å². The van der Waals surface area contributed by atoms with Crippen molar-refractivity contribution in [1.29, 1.82) is 0 Å². The standard InChI is InChI=1S/C24H21NO4/c1-3-16-10-7-11-18-19(14-25-21(16)18)22(26)23(17-8-5-4-6-9-17)29-24(27)20-13-12-15(2)28-20/h4-14,23,25H,3H2,1-2H3/t23-/m0/s1. The number of hydrogen-bond acceptors (Lipinski definition) is 4. The molecule has 5 heteroatoms. The minimum Gasteiger partial charge on any atom is -0.454 e. The maximum Gasteiger partial charge on any atom is 0.375 e. The number of rotatable bonds is 6. The summed E-state index contributed by atoms with van der Waals surface area (Å²) in [4.78, 5) is 29.3. The first-order valence-electron chi connectivity index (χ1n) is 9.54. The molecule has 0 amide bonds. The highest BCUT2D eigenvalue weighted by Gasteiger charge is 2.29. The molecule has 0 saturated heterocycles. The lowest BCUT2D eigenvalue weighted by Gasteiger charge is -2.16. The summed E-state index contributed by atoms with van der Waals surface area (Å²) in [6.45, 7) is 3.81. The fourth-order valence-corrected chi connectivity index (χ4v) is 3.47. The van der Waals surface area contributed by atoms with Crippen molar-refractivity contribution in [1.82, 2.24) is 4.98 Å². The van der Waals surface area contributed by atoms with Crippen LogP contribution < -0.4 is 0 Å². The van der Waals surface area contributed by atoms with Gasteiger partial charge in [-0.25, -0.2) is 4.79 Å². The van der Waals surface area contributed by atoms with E-state index in [-0.39, 0.29) is 11.5 Å². The monoisotopic (exact) mass is 387 g/mol. The number of nitrogens with one attached hydrogen (secondary N) is 1. The van der Waals surface area contributed by atoms with E-state index in [0.717, 1.165) is 22.9 Å². The molecule has 0 fully saturated rings. The molecule has 0 radical (unpaired) electrons. The molecule has 0 unspecified atom stereocenters. The molecule has 0 aliphatic heterocycles. The summed E-state index contributed by atoms with van der Waals surface area (Å²) in [5.41, 5.74) is 3.15. The van der Waals surface area contributed by atoms with E-state index in [9.17, 15) is 9.59 Å². The molecule has 5 nitrogen and oxygen atoms in total. The van der Waals surface area contributed by atoms with Crippen LogP contribution >= 0.6 is 0 Å². The number of fused-ring (bicyclic) bond motifs is 1. The van der Waals surface area contributed by atoms with Gasteiger partial charge in [0.2, 0.25) is 11.5 Å². The number of aromatic amines is 1. The Labute approximate surface area is 168 Å². The van der Waals surface area contributed by atoms with Gasteiger partial charge in [0.05, 0.1) is 0 Å². The highest BCUT2D eigenvalue weighted by molar-refractivity contribution is 6.11. The first-order valence-corrected chi connectivity index (χ1v) is 9.54. The van der Waals surface area contributed by atoms with E-state index in [2.05, 4.69) is 11.9 Å². The van der Waals surface area contributed by atoms with Crippen LogP contribution in [-0.2, 0) is 11.2 Å². The van der Waals surface area contributed by atoms with Crippen LogP contribution in [-0.4, -0.2) is 16.7 Å². The summed E-state index contributed by atoms with van der Waals surface area (Å²) in [7, 11) is 0. The maximum atomic E-state index is 13.5. The van der Waals surface area contributed by atoms with Crippen molar-refractivity contribution in [3.63, 3.8) is 0 Å². The minimum absolute atomic E-state index is 0.0726. The first-order chi connectivity index (χ1) is 14.1. The second-order valence-corrected chi connectivity index (χ2v) is 6.87. The predicted molar refractivity (Wildman–Crippen MR) is 110 cm³/mol. The summed E-state index contributed by atoms with van der Waals surface area (Å²) in [6, 6.07) is 18.1. The van der Waals surface area contributed by atoms with Crippen molar-refractivity contribution in [2.24, 2.45) is 0 Å². The third kappa shape index (κ3) is 3.59. The largest absolute Gasteiger partial charge is 0.454 e. The molecular weight excluding hydrogens is 366 g/mol. The number of carbonyl (C=O) groups is 2. The average Bonchev–Trinajstić information content (AvgIpc) is 3.38. The third-order valence-corrected chi connectivity index (χ3v) is 4.96. The van der Waals surface area contributed by atoms with Crippen LogP contribution in [0.4, 0.5) is 0 Å². The molecular formula is C24H21NO4. The Hall–Kier alpha value is -3.60. The van der Waals surface area contributed by atoms with Crippen molar-refractivity contribution in [3.8, 4) is 0 Å². The Bertz CT molecular complexity index is 1170. The van der Waals surface area contributed by atoms with E-state index >= 15 is 0 Å². The zero-order chi connectivity index (χ0) is 20.4. The summed E-state index contributed by atoms with van der Waals surface area (Å²) >= 11 is 0. The number of furan rings is 1. The smallest absolute Gasteiger partial charge is 0.375 e. The second kappa shape index (κ2) is 7.80. The maximum absolute atomic E-state index is 13.5. The molecule has 4 aromatic rings. The van der Waals surface area contributed by atoms with Gasteiger partial charge in [0.1, 0.15) is 5.76 Å². The van der Waals surface area contributed by atoms with Gasteiger partial charge >= 0.3 is 5.97 Å². The molecule has 1 atom stereocenters. The zero-order valence-electron chi connectivity index (χ0n) is 16.3. The lowest BCUT2D eigenvalue weighted by molar-refractivity contribution is 0.0250. The summed E-state index contributed by atoms with van der Waals surface area (Å²) in [6.07, 6.45) is 1.46. The Balaban J connectivity index is 1.73. The van der Waals surface area contributed by atoms with Crippen LogP contribution in [0.5, 0.6) is 0 Å². The highest BCUT2D eigenvalue weighted by Crippen LogP contribution is 2.29. The van der Waals surface area contributed by atoms with Gasteiger partial charge in [-0.15, -0.1) is 0 Å². The van der Waals surface area contributed by atoms with Gasteiger partial charge in [-0.3, -0.25) is 4.79 Å². The molecule has 2 aromatic carbocycles. The number of Topliss-reactive ketones (excluding diaryl/α,β-unsaturated/α-hetero) is 1. The number of benzene rings is 2. The van der Waals surface area contributed by atoms with Gasteiger partial charge in [0.15, 0.2) is 6.10 Å². The zero-order valence-corrected chi connectivity index (χ0v) is 16.3. The summed E-state index contributed by atoms with van der Waals surface area (Å²) < 4.78 is 11.0. The Morgan fingerprint density at radius 2 is 1.83 bits per heavy atom. The summed E-state index contributed by atoms with van der Waals surface area (Å²) in [5.74, 6) is -0.284. The number of aromatic nitrogens is 1. The fourth-order valence-electron chi connectivity index (χ4n) is 3.47. The van der Waals surface area contributed by atoms with Crippen LogP contribution in [0.1, 0.15) is 50.8 Å². The normalized spacial score (nSPS) is 12.1. The van der Waals surface area contributed by atoms with E-state index in [0.29, 0.717) is 16.9 Å². The number of hydrogen-bond donors (Lipinski definition) is 1. The minimum atomic E-state index is -1.07. The summed E-state index contributed by atoms with van der Waals surface area (Å²) in [5, 5.41) is 0.820. The number of ketones is 1. The van der Waals surface area contributed by atoms with E-state index in [1.807, 2.05) is 36.4 Å². The topological polar surface area (TPSA) is 72.3 Å². The van der Waals surface area contributed by atoms with Crippen molar-refractivity contribution in [3.05, 3.63) is 95.1 Å². The molecule has 0 bridgehead atoms. The lowest BCUT2D eigenvalue weighted by atomic mass is 9.98. The Morgan fingerprint density at radius 3 is 2.52 bits per heavy atom. The van der Waals surface area contributed by atoms with Crippen LogP contribution in [0.3, 0.4) is 0 Å². The van der Waals surface area contributed by atoms with Crippen LogP contribution in [0, 0.1) is 6.92 Å². The Kier molecular flexibility index (Phi) is 5.04. The number of ether oxygens (including phenoxy) is 1. The molecule has 0 aliphatic rings. The second-order valence-electron chi connectivity index (χ2n) is 6.87. The van der Waals surface area contributed by atoms with Crippen molar-refractivity contribution >= 4 is 22.7 Å². The lowest BCUT2D eigenvalue weighted by Crippen LogP contribution is -2.20. The van der Waals surface area contributed by atoms with Gasteiger partial charge in [-0.05, 0) is 31.0 Å². The quantitative estimate of drug-likeness (QED) is 0.354. The molecule has 1 N–H and O–H groups in total. The van der Waals surface area contributed by atoms with Crippen LogP contribution in [0.25, 0.3) is 10.9 Å². The van der Waals surface area contributed by atoms with Crippen LogP contribution in [0.15, 0.2) is 71.3 Å². The number of carbonyl (C=O) groups excluding carboxylic acids is 2. The molecule has 2 heterocycles. The first kappa shape index (κ1) is 18.7. The van der Waals surface area contributed by atoms with E-state index in [1.54, 1.807) is 37.4 Å². The van der Waals surface area contributed by atoms with E-state index in [4.69, 9.17) is 9.15 Å². The van der Waals surface area contributed by atoms with Gasteiger partial charge in [0, 0.05) is 28.2 Å².